The fraction of sp³-hybridized carbons (Fsp3) is 0.619. The Morgan fingerprint density at radius 3 is 1.37 bits per heavy atom. The van der Waals surface area contributed by atoms with Crippen LogP contribution in [0.5, 0.6) is 11.5 Å². The highest BCUT2D eigenvalue weighted by Crippen LogP contribution is 2.26. The Morgan fingerprint density at radius 1 is 0.519 bits per heavy atom. The summed E-state index contributed by atoms with van der Waals surface area (Å²) in [6.45, 7) is 8.27. The summed E-state index contributed by atoms with van der Waals surface area (Å²) < 4.78 is 0. The molecule has 2 atom stereocenters. The third-order valence-corrected chi connectivity index (χ3v) is 9.87. The van der Waals surface area contributed by atoms with Crippen LogP contribution in [0.15, 0.2) is 36.4 Å². The third kappa shape index (κ3) is 15.7. The van der Waals surface area contributed by atoms with Gasteiger partial charge in [0.05, 0.1) is 11.1 Å². The number of unbranched alkanes of at least 4 members (excludes halogenated alkanes) is 12. The largest absolute Gasteiger partial charge is 0.507 e. The first kappa shape index (κ1) is 44.1. The summed E-state index contributed by atoms with van der Waals surface area (Å²) >= 11 is 0. The smallest absolute Gasteiger partial charge is 0.273 e. The number of phenolic OH excluding ortho intramolecular Hbond substituents is 2. The van der Waals surface area contributed by atoms with Gasteiger partial charge >= 0.3 is 0 Å². The lowest BCUT2D eigenvalue weighted by molar-refractivity contribution is -0.129. The van der Waals surface area contributed by atoms with Crippen LogP contribution < -0.4 is 21.7 Å². The van der Waals surface area contributed by atoms with E-state index in [1.165, 1.54) is 50.7 Å². The van der Waals surface area contributed by atoms with Gasteiger partial charge < -0.3 is 10.2 Å². The molecule has 0 spiro atoms. The zero-order valence-corrected chi connectivity index (χ0v) is 32.3. The van der Waals surface area contributed by atoms with Gasteiger partial charge in [0.1, 0.15) is 11.5 Å². The summed E-state index contributed by atoms with van der Waals surface area (Å²) in [4.78, 5) is 53.3. The number of carbonyl (C=O) groups excluding carboxylic acids is 4. The van der Waals surface area contributed by atoms with Crippen LogP contribution in [0.3, 0.4) is 0 Å². The Kier molecular flexibility index (Phi) is 21.9. The van der Waals surface area contributed by atoms with Gasteiger partial charge in [0.25, 0.3) is 11.8 Å². The number of benzene rings is 2. The van der Waals surface area contributed by atoms with E-state index in [0.29, 0.717) is 25.7 Å². The van der Waals surface area contributed by atoms with Gasteiger partial charge in [-0.15, -0.1) is 0 Å². The topological polar surface area (TPSA) is 157 Å². The van der Waals surface area contributed by atoms with Crippen molar-refractivity contribution in [2.75, 3.05) is 0 Å². The number of nitrogens with one attached hydrogen (secondary N) is 4. The molecule has 6 N–H and O–H groups in total. The quantitative estimate of drug-likeness (QED) is 0.0445. The monoisotopic (exact) mass is 722 g/mol. The van der Waals surface area contributed by atoms with Gasteiger partial charge in [0.15, 0.2) is 0 Å². The van der Waals surface area contributed by atoms with E-state index in [0.717, 1.165) is 68.9 Å². The Balaban J connectivity index is 2.03. The normalized spacial score (nSPS) is 12.2. The number of amides is 4. The highest BCUT2D eigenvalue weighted by atomic mass is 16.3. The number of aromatic hydroxyl groups is 2. The van der Waals surface area contributed by atoms with Crippen LogP contribution in [0, 0.1) is 11.8 Å². The Labute approximate surface area is 312 Å². The number of hydrogen-bond donors (Lipinski definition) is 6. The average Bonchev–Trinajstić information content (AvgIpc) is 3.13. The molecule has 0 bridgehead atoms. The second kappa shape index (κ2) is 25.8. The Hall–Kier alpha value is -4.08. The molecule has 0 aliphatic rings. The summed E-state index contributed by atoms with van der Waals surface area (Å²) in [6.07, 6.45) is 18.3. The van der Waals surface area contributed by atoms with Gasteiger partial charge in [0, 0.05) is 11.8 Å². The molecule has 2 aromatic carbocycles. The number of carbonyl (C=O) groups is 4. The number of phenols is 2. The van der Waals surface area contributed by atoms with Gasteiger partial charge in [-0.3, -0.25) is 40.9 Å². The lowest BCUT2D eigenvalue weighted by Gasteiger charge is -2.22. The van der Waals surface area contributed by atoms with Crippen LogP contribution >= 0.6 is 0 Å². The molecule has 0 radical (unpaired) electrons. The Morgan fingerprint density at radius 2 is 0.923 bits per heavy atom. The minimum absolute atomic E-state index is 0.141. The van der Waals surface area contributed by atoms with Crippen molar-refractivity contribution in [1.29, 1.82) is 0 Å². The molecule has 290 valence electrons. The van der Waals surface area contributed by atoms with Gasteiger partial charge in [0.2, 0.25) is 11.8 Å². The predicted octanol–water partition coefficient (Wildman–Crippen LogP) is 8.74. The number of hydrogen-bond acceptors (Lipinski definition) is 6. The number of hydrazine groups is 2. The molecule has 0 aliphatic heterocycles. The van der Waals surface area contributed by atoms with Crippen LogP contribution in [-0.2, 0) is 22.4 Å². The first-order chi connectivity index (χ1) is 25.2. The molecule has 2 unspecified atom stereocenters. The molecule has 2 rings (SSSR count). The van der Waals surface area contributed by atoms with E-state index >= 15 is 0 Å². The predicted molar refractivity (Wildman–Crippen MR) is 208 cm³/mol. The van der Waals surface area contributed by atoms with Crippen molar-refractivity contribution >= 4 is 23.6 Å². The summed E-state index contributed by atoms with van der Waals surface area (Å²) in [5.74, 6) is -3.49. The van der Waals surface area contributed by atoms with Crippen LogP contribution in [0.2, 0.25) is 0 Å². The lowest BCUT2D eigenvalue weighted by Crippen LogP contribution is -2.47. The molecule has 2 aromatic rings. The van der Waals surface area contributed by atoms with Gasteiger partial charge in [-0.25, -0.2) is 0 Å². The van der Waals surface area contributed by atoms with Gasteiger partial charge in [-0.1, -0.05) is 135 Å². The first-order valence-electron chi connectivity index (χ1n) is 20.0. The first-order valence-corrected chi connectivity index (χ1v) is 20.0. The second-order valence-electron chi connectivity index (χ2n) is 14.1. The van der Waals surface area contributed by atoms with E-state index in [-0.39, 0.29) is 29.0 Å². The fourth-order valence-electron chi connectivity index (χ4n) is 6.67. The molecule has 4 amide bonds. The van der Waals surface area contributed by atoms with E-state index in [1.54, 1.807) is 12.1 Å². The molecule has 0 fully saturated rings. The van der Waals surface area contributed by atoms with Crippen LogP contribution in [0.4, 0.5) is 0 Å². The maximum Gasteiger partial charge on any atom is 0.273 e. The number of rotatable bonds is 25. The van der Waals surface area contributed by atoms with Crippen molar-refractivity contribution in [3.05, 3.63) is 58.7 Å². The SMILES string of the molecule is CCCCCCCCc1cccc(O)c1C(=O)NNC(=O)C(CC)CC(CCCCC)C(=O)NNC(=O)c1c(O)cccc1CCCCCCCC. The van der Waals surface area contributed by atoms with Crippen LogP contribution in [0.25, 0.3) is 0 Å². The molecule has 0 aromatic heterocycles. The zero-order chi connectivity index (χ0) is 38.1. The zero-order valence-electron chi connectivity index (χ0n) is 32.3. The van der Waals surface area contributed by atoms with E-state index < -0.39 is 35.5 Å². The van der Waals surface area contributed by atoms with Crippen LogP contribution in [0.1, 0.15) is 175 Å². The molecule has 52 heavy (non-hydrogen) atoms. The van der Waals surface area contributed by atoms with E-state index in [2.05, 4.69) is 42.5 Å². The molecule has 0 heterocycles. The van der Waals surface area contributed by atoms with E-state index in [4.69, 9.17) is 0 Å². The van der Waals surface area contributed by atoms with Gasteiger partial charge in [-0.2, -0.15) is 0 Å². The summed E-state index contributed by atoms with van der Waals surface area (Å²) in [6, 6.07) is 10.0. The summed E-state index contributed by atoms with van der Waals surface area (Å²) in [5, 5.41) is 21.1. The number of aryl methyl sites for hydroxylation is 2. The fourth-order valence-corrected chi connectivity index (χ4v) is 6.67. The minimum atomic E-state index is -0.595. The van der Waals surface area contributed by atoms with E-state index in [9.17, 15) is 29.4 Å². The second-order valence-corrected chi connectivity index (χ2v) is 14.1. The maximum atomic E-state index is 13.5. The minimum Gasteiger partial charge on any atom is -0.507 e. The van der Waals surface area contributed by atoms with Crippen molar-refractivity contribution < 1.29 is 29.4 Å². The standard InChI is InChI=1S/C42H66N4O6/c1-5-9-12-14-16-19-23-32-26-21-28-35(47)37(32)41(51)45-43-39(49)31(8-4)30-34(25-18-11-7-3)40(50)44-46-42(52)38-33(27-22-29-36(38)48)24-20-17-15-13-10-6-2/h21-22,26-29,31,34,47-48H,5-20,23-25,30H2,1-4H3,(H,43,49)(H,44,50)(H,45,51)(H,46,52). The Bertz CT molecular complexity index is 1380. The van der Waals surface area contributed by atoms with Crippen LogP contribution in [-0.4, -0.2) is 33.8 Å². The van der Waals surface area contributed by atoms with Gasteiger partial charge in [-0.05, 0) is 68.2 Å². The highest BCUT2D eigenvalue weighted by molar-refractivity contribution is 6.00. The molecule has 10 heteroatoms. The molecule has 10 nitrogen and oxygen atoms in total. The molecular formula is C42H66N4O6. The van der Waals surface area contributed by atoms with Crippen molar-refractivity contribution in [2.45, 2.75) is 156 Å². The lowest BCUT2D eigenvalue weighted by atomic mass is 9.88. The molecule has 0 saturated heterocycles. The summed E-state index contributed by atoms with van der Waals surface area (Å²) in [5.41, 5.74) is 11.8. The van der Waals surface area contributed by atoms with Crippen molar-refractivity contribution in [1.82, 2.24) is 21.7 Å². The average molecular weight is 723 g/mol. The molecule has 0 aliphatic carbocycles. The summed E-state index contributed by atoms with van der Waals surface area (Å²) in [7, 11) is 0. The van der Waals surface area contributed by atoms with Crippen molar-refractivity contribution in [3.63, 3.8) is 0 Å². The van der Waals surface area contributed by atoms with Crippen molar-refractivity contribution in [3.8, 4) is 11.5 Å². The highest BCUT2D eigenvalue weighted by Gasteiger charge is 2.28. The third-order valence-electron chi connectivity index (χ3n) is 9.87. The van der Waals surface area contributed by atoms with Crippen molar-refractivity contribution in [2.24, 2.45) is 11.8 Å². The maximum absolute atomic E-state index is 13.5. The molecular weight excluding hydrogens is 656 g/mol. The molecule has 0 saturated carbocycles. The van der Waals surface area contributed by atoms with E-state index in [1.807, 2.05) is 19.1 Å².